The van der Waals surface area contributed by atoms with Crippen LogP contribution in [0.15, 0.2) is 53.3 Å². The highest BCUT2D eigenvalue weighted by atomic mass is 16.1. The van der Waals surface area contributed by atoms with E-state index in [-0.39, 0.29) is 5.56 Å². The smallest absolute Gasteiger partial charge is 0.252 e. The number of nitrogens with one attached hydrogen (secondary N) is 2. The van der Waals surface area contributed by atoms with Gasteiger partial charge in [-0.1, -0.05) is 42.0 Å². The van der Waals surface area contributed by atoms with Gasteiger partial charge in [0.2, 0.25) is 11.9 Å². The highest BCUT2D eigenvalue weighted by Gasteiger charge is 2.08. The van der Waals surface area contributed by atoms with E-state index in [4.69, 9.17) is 0 Å². The minimum atomic E-state index is -0.215. The Morgan fingerprint density at radius 3 is 2.43 bits per heavy atom. The molecular weight excluding hydrogens is 350 g/mol. The Labute approximate surface area is 162 Å². The third kappa shape index (κ3) is 3.91. The predicted molar refractivity (Wildman–Crippen MR) is 111 cm³/mol. The molecule has 4 aromatic rings. The number of anilines is 2. The first-order valence-electron chi connectivity index (χ1n) is 9.14. The quantitative estimate of drug-likeness (QED) is 0.567. The van der Waals surface area contributed by atoms with E-state index in [0.29, 0.717) is 24.0 Å². The Kier molecular flexibility index (Phi) is 4.61. The first-order chi connectivity index (χ1) is 13.5. The molecule has 0 saturated carbocycles. The number of hydrogen-bond acceptors (Lipinski definition) is 5. The van der Waals surface area contributed by atoms with E-state index in [1.807, 2.05) is 51.1 Å². The van der Waals surface area contributed by atoms with Crippen LogP contribution in [0.4, 0.5) is 11.9 Å². The second-order valence-corrected chi connectivity index (χ2v) is 7.03. The van der Waals surface area contributed by atoms with E-state index in [1.165, 1.54) is 11.6 Å². The van der Waals surface area contributed by atoms with Crippen LogP contribution in [0, 0.1) is 20.8 Å². The molecule has 0 bridgehead atoms. The minimum absolute atomic E-state index is 0.215. The number of nitrogens with zero attached hydrogens (tertiary/aromatic N) is 3. The molecule has 0 spiro atoms. The average molecular weight is 371 g/mol. The molecule has 0 aliphatic rings. The number of rotatable bonds is 4. The van der Waals surface area contributed by atoms with E-state index >= 15 is 0 Å². The number of hydrogen-bond donors (Lipinski definition) is 2. The SMILES string of the molecule is Cc1ccc(Cc2cc(=O)[nH]c(Nc3nc(C)c4ccc(C)cc4n3)n2)cc1. The van der Waals surface area contributed by atoms with Gasteiger partial charge in [-0.3, -0.25) is 15.1 Å². The van der Waals surface area contributed by atoms with Crippen molar-refractivity contribution in [2.75, 3.05) is 5.32 Å². The monoisotopic (exact) mass is 371 g/mol. The minimum Gasteiger partial charge on any atom is -0.294 e. The molecule has 4 rings (SSSR count). The van der Waals surface area contributed by atoms with E-state index < -0.39 is 0 Å². The summed E-state index contributed by atoms with van der Waals surface area (Å²) in [5, 5.41) is 4.05. The molecule has 140 valence electrons. The fourth-order valence-electron chi connectivity index (χ4n) is 3.13. The third-order valence-corrected chi connectivity index (χ3v) is 4.57. The third-order valence-electron chi connectivity index (χ3n) is 4.57. The van der Waals surface area contributed by atoms with Crippen molar-refractivity contribution in [2.45, 2.75) is 27.2 Å². The summed E-state index contributed by atoms with van der Waals surface area (Å²) in [7, 11) is 0. The maximum absolute atomic E-state index is 12.1. The molecule has 0 fully saturated rings. The van der Waals surface area contributed by atoms with Gasteiger partial charge in [0.1, 0.15) is 0 Å². The van der Waals surface area contributed by atoms with Gasteiger partial charge >= 0.3 is 0 Å². The molecule has 6 nitrogen and oxygen atoms in total. The van der Waals surface area contributed by atoms with Gasteiger partial charge in [-0.05, 0) is 38.0 Å². The van der Waals surface area contributed by atoms with Crippen LogP contribution < -0.4 is 10.9 Å². The van der Waals surface area contributed by atoms with Gasteiger partial charge in [-0.15, -0.1) is 0 Å². The topological polar surface area (TPSA) is 83.6 Å². The van der Waals surface area contributed by atoms with Crippen molar-refractivity contribution in [1.29, 1.82) is 0 Å². The molecule has 0 aliphatic carbocycles. The lowest BCUT2D eigenvalue weighted by Crippen LogP contribution is -2.13. The van der Waals surface area contributed by atoms with Gasteiger partial charge in [-0.2, -0.15) is 0 Å². The van der Waals surface area contributed by atoms with Crippen molar-refractivity contribution in [3.05, 3.63) is 87.0 Å². The summed E-state index contributed by atoms with van der Waals surface area (Å²) in [6.07, 6.45) is 0.579. The van der Waals surface area contributed by atoms with Crippen molar-refractivity contribution in [3.63, 3.8) is 0 Å². The summed E-state index contributed by atoms with van der Waals surface area (Å²) in [6.45, 7) is 6.01. The zero-order valence-corrected chi connectivity index (χ0v) is 16.1. The predicted octanol–water partition coefficient (Wildman–Crippen LogP) is 3.97. The summed E-state index contributed by atoms with van der Waals surface area (Å²) in [5.41, 5.74) is 5.62. The summed E-state index contributed by atoms with van der Waals surface area (Å²) in [4.78, 5) is 28.4. The van der Waals surface area contributed by atoms with Crippen LogP contribution in [0.25, 0.3) is 10.9 Å². The van der Waals surface area contributed by atoms with Gasteiger partial charge in [-0.25, -0.2) is 15.0 Å². The Morgan fingerprint density at radius 1 is 0.893 bits per heavy atom. The van der Waals surface area contributed by atoms with Crippen LogP contribution in [-0.2, 0) is 6.42 Å². The lowest BCUT2D eigenvalue weighted by atomic mass is 10.1. The van der Waals surface area contributed by atoms with E-state index in [1.54, 1.807) is 0 Å². The number of aromatic amines is 1. The maximum atomic E-state index is 12.1. The van der Waals surface area contributed by atoms with Gasteiger partial charge in [0, 0.05) is 17.9 Å². The average Bonchev–Trinajstić information content (AvgIpc) is 2.63. The zero-order valence-electron chi connectivity index (χ0n) is 16.1. The summed E-state index contributed by atoms with van der Waals surface area (Å²) >= 11 is 0. The van der Waals surface area contributed by atoms with Crippen molar-refractivity contribution in [1.82, 2.24) is 19.9 Å². The second kappa shape index (κ2) is 7.23. The molecule has 0 aliphatic heterocycles. The normalized spacial score (nSPS) is 11.0. The fraction of sp³-hybridized carbons (Fsp3) is 0.182. The first kappa shape index (κ1) is 17.9. The van der Waals surface area contributed by atoms with Crippen LogP contribution in [0.1, 0.15) is 28.1 Å². The van der Waals surface area contributed by atoms with Crippen molar-refractivity contribution >= 4 is 22.8 Å². The molecule has 6 heteroatoms. The Hall–Kier alpha value is -3.54. The lowest BCUT2D eigenvalue weighted by molar-refractivity contribution is 1.000. The Balaban J connectivity index is 1.64. The largest absolute Gasteiger partial charge is 0.294 e. The number of H-pyrrole nitrogens is 1. The standard InChI is InChI=1S/C22H21N5O/c1-13-4-7-16(8-5-13)11-17-12-20(28)26-22(24-17)27-21-23-15(3)18-9-6-14(2)10-19(18)25-21/h4-10,12H,11H2,1-3H3,(H2,23,24,25,26,27,28). The van der Waals surface area contributed by atoms with Gasteiger partial charge < -0.3 is 0 Å². The highest BCUT2D eigenvalue weighted by Crippen LogP contribution is 2.19. The fourth-order valence-corrected chi connectivity index (χ4v) is 3.13. The molecule has 2 aromatic carbocycles. The van der Waals surface area contributed by atoms with E-state index in [9.17, 15) is 4.79 Å². The lowest BCUT2D eigenvalue weighted by Gasteiger charge is -2.09. The van der Waals surface area contributed by atoms with Crippen molar-refractivity contribution in [3.8, 4) is 0 Å². The molecule has 0 radical (unpaired) electrons. The zero-order chi connectivity index (χ0) is 19.7. The van der Waals surface area contributed by atoms with Crippen LogP contribution in [0.2, 0.25) is 0 Å². The van der Waals surface area contributed by atoms with Gasteiger partial charge in [0.25, 0.3) is 5.56 Å². The van der Waals surface area contributed by atoms with Crippen LogP contribution >= 0.6 is 0 Å². The van der Waals surface area contributed by atoms with Crippen molar-refractivity contribution in [2.24, 2.45) is 0 Å². The second-order valence-electron chi connectivity index (χ2n) is 7.03. The number of aromatic nitrogens is 4. The van der Waals surface area contributed by atoms with E-state index in [0.717, 1.165) is 27.7 Å². The number of fused-ring (bicyclic) bond motifs is 1. The van der Waals surface area contributed by atoms with Crippen LogP contribution in [0.5, 0.6) is 0 Å². The molecule has 0 saturated heterocycles. The molecular formula is C22H21N5O. The first-order valence-corrected chi connectivity index (χ1v) is 9.14. The van der Waals surface area contributed by atoms with Gasteiger partial charge in [0.15, 0.2) is 0 Å². The number of benzene rings is 2. The van der Waals surface area contributed by atoms with E-state index in [2.05, 4.69) is 37.4 Å². The molecule has 2 N–H and O–H groups in total. The molecule has 2 aromatic heterocycles. The van der Waals surface area contributed by atoms with Gasteiger partial charge in [0.05, 0.1) is 16.9 Å². The highest BCUT2D eigenvalue weighted by molar-refractivity contribution is 5.82. The van der Waals surface area contributed by atoms with Crippen LogP contribution in [0.3, 0.4) is 0 Å². The Morgan fingerprint density at radius 2 is 1.64 bits per heavy atom. The summed E-state index contributed by atoms with van der Waals surface area (Å²) < 4.78 is 0. The molecule has 28 heavy (non-hydrogen) atoms. The summed E-state index contributed by atoms with van der Waals surface area (Å²) in [6, 6.07) is 15.8. The maximum Gasteiger partial charge on any atom is 0.252 e. The van der Waals surface area contributed by atoms with Crippen LogP contribution in [-0.4, -0.2) is 19.9 Å². The summed E-state index contributed by atoms with van der Waals surface area (Å²) in [5.74, 6) is 0.743. The molecule has 2 heterocycles. The molecule has 0 unspecified atom stereocenters. The molecule has 0 amide bonds. The molecule has 0 atom stereocenters. The number of aryl methyl sites for hydroxylation is 3. The Bertz CT molecular complexity index is 1210. The van der Waals surface area contributed by atoms with Crippen molar-refractivity contribution < 1.29 is 0 Å².